The molecule has 0 saturated carbocycles. The van der Waals surface area contributed by atoms with Gasteiger partial charge >= 0.3 is 5.69 Å². The molecule has 2 aromatic heterocycles. The quantitative estimate of drug-likeness (QED) is 0.650. The number of amides is 1. The number of benzene rings is 1. The molecule has 1 aliphatic rings. The molecule has 3 heterocycles. The number of rotatable bonds is 6. The van der Waals surface area contributed by atoms with E-state index in [4.69, 9.17) is 5.73 Å². The first-order chi connectivity index (χ1) is 14.5. The predicted molar refractivity (Wildman–Crippen MR) is 110 cm³/mol. The maximum atomic E-state index is 12.8. The monoisotopic (exact) mass is 431 g/mol. The second kappa shape index (κ2) is 8.33. The molecule has 0 atom stereocenters. The van der Waals surface area contributed by atoms with Crippen LogP contribution in [0.2, 0.25) is 0 Å². The third-order valence-electron chi connectivity index (χ3n) is 4.94. The number of hydrogen-bond acceptors (Lipinski definition) is 5. The van der Waals surface area contributed by atoms with Crippen LogP contribution >= 0.6 is 11.3 Å². The number of hydrogen-bond donors (Lipinski definition) is 1. The maximum absolute atomic E-state index is 12.8. The number of thiophene rings is 1. The lowest BCUT2D eigenvalue weighted by atomic mass is 10.0. The van der Waals surface area contributed by atoms with Crippen LogP contribution in [-0.4, -0.2) is 26.8 Å². The lowest BCUT2D eigenvalue weighted by Crippen LogP contribution is -2.30. The van der Waals surface area contributed by atoms with Gasteiger partial charge in [-0.05, 0) is 30.2 Å². The van der Waals surface area contributed by atoms with Gasteiger partial charge in [-0.25, -0.2) is 9.48 Å². The first-order valence-corrected chi connectivity index (χ1v) is 10.1. The number of nitrogens with zero attached hydrogens (tertiary/aromatic N) is 4. The van der Waals surface area contributed by atoms with Crippen molar-refractivity contribution >= 4 is 27.9 Å². The molecule has 0 aliphatic carbocycles. The third-order valence-corrected chi connectivity index (χ3v) is 5.99. The minimum absolute atomic E-state index is 0.0291. The van der Waals surface area contributed by atoms with E-state index in [1.807, 2.05) is 36.4 Å². The lowest BCUT2D eigenvalue weighted by molar-refractivity contribution is -0.118. The number of aryl methyl sites for hydroxylation is 1. The van der Waals surface area contributed by atoms with Crippen LogP contribution in [0.5, 0.6) is 0 Å². The minimum Gasteiger partial charge on any atom is -0.327 e. The molecular formula is C20H19F2N5O2S. The van der Waals surface area contributed by atoms with E-state index < -0.39 is 11.8 Å². The average Bonchev–Trinajstić information content (AvgIpc) is 3.33. The molecule has 7 nitrogen and oxygen atoms in total. The van der Waals surface area contributed by atoms with E-state index in [0.29, 0.717) is 6.42 Å². The normalized spacial score (nSPS) is 13.4. The molecular weight excluding hydrogens is 412 g/mol. The van der Waals surface area contributed by atoms with Gasteiger partial charge in [-0.1, -0.05) is 18.2 Å². The molecule has 0 unspecified atom stereocenters. The highest BCUT2D eigenvalue weighted by Crippen LogP contribution is 2.37. The summed E-state index contributed by atoms with van der Waals surface area (Å²) in [6, 6.07) is 11.5. The molecule has 1 aliphatic heterocycles. The number of carbonyl (C=O) groups excluding carboxylic acids is 1. The van der Waals surface area contributed by atoms with Crippen molar-refractivity contribution in [2.75, 3.05) is 11.4 Å². The summed E-state index contributed by atoms with van der Waals surface area (Å²) in [6.45, 7) is -0.465. The summed E-state index contributed by atoms with van der Waals surface area (Å²) in [5.41, 5.74) is 6.46. The SMILES string of the molecule is NCC(Cn1ncn(Cc2ccc(N3C(=O)CCc4ccccc43)s2)c1=O)=C(F)F. The molecule has 0 fully saturated rings. The Kier molecular flexibility index (Phi) is 5.60. The van der Waals surface area contributed by atoms with Gasteiger partial charge in [-0.2, -0.15) is 13.9 Å². The Balaban J connectivity index is 1.56. The number of nitrogens with two attached hydrogens (primary N) is 1. The number of aromatic nitrogens is 3. The molecule has 0 saturated heterocycles. The van der Waals surface area contributed by atoms with E-state index in [0.717, 1.165) is 32.2 Å². The van der Waals surface area contributed by atoms with Crippen molar-refractivity contribution < 1.29 is 13.6 Å². The minimum atomic E-state index is -1.90. The van der Waals surface area contributed by atoms with Crippen LogP contribution in [0.4, 0.5) is 19.5 Å². The number of carbonyl (C=O) groups is 1. The smallest absolute Gasteiger partial charge is 0.327 e. The van der Waals surface area contributed by atoms with Gasteiger partial charge in [0.2, 0.25) is 5.91 Å². The Morgan fingerprint density at radius 3 is 2.70 bits per heavy atom. The fourth-order valence-electron chi connectivity index (χ4n) is 3.38. The fraction of sp³-hybridized carbons (Fsp3) is 0.250. The predicted octanol–water partition coefficient (Wildman–Crippen LogP) is 2.87. The molecule has 4 rings (SSSR count). The molecule has 30 heavy (non-hydrogen) atoms. The van der Waals surface area contributed by atoms with E-state index in [9.17, 15) is 18.4 Å². The molecule has 0 radical (unpaired) electrons. The Labute approximate surface area is 174 Å². The molecule has 1 amide bonds. The van der Waals surface area contributed by atoms with Crippen molar-refractivity contribution in [3.8, 4) is 0 Å². The van der Waals surface area contributed by atoms with Gasteiger partial charge in [0.25, 0.3) is 6.08 Å². The topological polar surface area (TPSA) is 86.2 Å². The second-order valence-corrected chi connectivity index (χ2v) is 8.01. The zero-order valence-corrected chi connectivity index (χ0v) is 16.7. The van der Waals surface area contributed by atoms with Gasteiger partial charge in [-0.3, -0.25) is 14.3 Å². The molecule has 0 bridgehead atoms. The Bertz CT molecular complexity index is 1180. The number of fused-ring (bicyclic) bond motifs is 1. The molecule has 0 spiro atoms. The third kappa shape index (κ3) is 3.83. The van der Waals surface area contributed by atoms with Gasteiger partial charge in [0, 0.05) is 23.4 Å². The van der Waals surface area contributed by atoms with E-state index >= 15 is 0 Å². The summed E-state index contributed by atoms with van der Waals surface area (Å²) in [5, 5.41) is 4.68. The zero-order valence-electron chi connectivity index (χ0n) is 15.9. The molecule has 10 heteroatoms. The van der Waals surface area contributed by atoms with Gasteiger partial charge in [0.15, 0.2) is 0 Å². The molecule has 156 valence electrons. The van der Waals surface area contributed by atoms with Crippen LogP contribution in [0.25, 0.3) is 0 Å². The molecule has 3 aromatic rings. The van der Waals surface area contributed by atoms with Crippen molar-refractivity contribution in [1.29, 1.82) is 0 Å². The van der Waals surface area contributed by atoms with Gasteiger partial charge in [-0.15, -0.1) is 11.3 Å². The van der Waals surface area contributed by atoms with Crippen LogP contribution in [0.15, 0.2) is 59.2 Å². The molecule has 1 aromatic carbocycles. The highest BCUT2D eigenvalue weighted by Gasteiger charge is 2.26. The standard InChI is InChI=1S/C20H19F2N5O2S/c21-19(22)14(9-23)10-26-20(29)25(12-24-26)11-15-6-8-18(30-15)27-16-4-2-1-3-13(16)5-7-17(27)28/h1-4,6,8,12H,5,7,9-11,23H2. The number of anilines is 2. The van der Waals surface area contributed by atoms with E-state index in [-0.39, 0.29) is 31.1 Å². The van der Waals surface area contributed by atoms with Crippen molar-refractivity contribution in [2.24, 2.45) is 5.73 Å². The average molecular weight is 431 g/mol. The second-order valence-electron chi connectivity index (χ2n) is 6.86. The van der Waals surface area contributed by atoms with Gasteiger partial charge in [0.05, 0.1) is 18.8 Å². The van der Waals surface area contributed by atoms with Crippen LogP contribution in [0.3, 0.4) is 0 Å². The highest BCUT2D eigenvalue weighted by molar-refractivity contribution is 7.16. The van der Waals surface area contributed by atoms with E-state index in [1.165, 1.54) is 22.2 Å². The fourth-order valence-corrected chi connectivity index (χ4v) is 4.42. The van der Waals surface area contributed by atoms with E-state index in [1.54, 1.807) is 4.90 Å². The summed E-state index contributed by atoms with van der Waals surface area (Å²) in [6.07, 6.45) is 0.580. The lowest BCUT2D eigenvalue weighted by Gasteiger charge is -2.28. The van der Waals surface area contributed by atoms with Crippen molar-refractivity contribution in [3.63, 3.8) is 0 Å². The largest absolute Gasteiger partial charge is 0.346 e. The zero-order chi connectivity index (χ0) is 21.3. The van der Waals surface area contributed by atoms with Crippen molar-refractivity contribution in [3.05, 3.63) is 75.3 Å². The summed E-state index contributed by atoms with van der Waals surface area (Å²) in [7, 11) is 0. The van der Waals surface area contributed by atoms with Crippen LogP contribution in [0, 0.1) is 0 Å². The summed E-state index contributed by atoms with van der Waals surface area (Å²) >= 11 is 1.40. The first-order valence-electron chi connectivity index (χ1n) is 9.33. The van der Waals surface area contributed by atoms with Gasteiger partial charge in [0.1, 0.15) is 11.3 Å². The van der Waals surface area contributed by atoms with E-state index in [2.05, 4.69) is 5.10 Å². The first kappa shape index (κ1) is 20.2. The highest BCUT2D eigenvalue weighted by atomic mass is 32.1. The Hall–Kier alpha value is -3.11. The van der Waals surface area contributed by atoms with Crippen molar-refractivity contribution in [2.45, 2.75) is 25.9 Å². The number of para-hydroxylation sites is 1. The maximum Gasteiger partial charge on any atom is 0.346 e. The van der Waals surface area contributed by atoms with Gasteiger partial charge < -0.3 is 5.73 Å². The van der Waals surface area contributed by atoms with Crippen LogP contribution < -0.4 is 16.3 Å². The summed E-state index contributed by atoms with van der Waals surface area (Å²) in [5.74, 6) is 0.0291. The van der Waals surface area contributed by atoms with Crippen LogP contribution in [-0.2, 0) is 24.3 Å². The summed E-state index contributed by atoms with van der Waals surface area (Å²) in [4.78, 5) is 27.6. The van der Waals surface area contributed by atoms with Crippen LogP contribution in [0.1, 0.15) is 16.9 Å². The number of halogens is 2. The Morgan fingerprint density at radius 1 is 1.13 bits per heavy atom. The summed E-state index contributed by atoms with van der Waals surface area (Å²) < 4.78 is 27.9. The van der Waals surface area contributed by atoms with Crippen molar-refractivity contribution in [1.82, 2.24) is 14.3 Å². The Morgan fingerprint density at radius 2 is 1.93 bits per heavy atom. The molecule has 2 N–H and O–H groups in total.